The van der Waals surface area contributed by atoms with E-state index in [1.807, 2.05) is 19.1 Å². The Labute approximate surface area is 164 Å². The lowest BCUT2D eigenvalue weighted by molar-refractivity contribution is -0.116. The smallest absolute Gasteiger partial charge is 0.341 e. The molecule has 0 aromatic carbocycles. The Morgan fingerprint density at radius 1 is 1.33 bits per heavy atom. The van der Waals surface area contributed by atoms with Gasteiger partial charge in [-0.1, -0.05) is 13.3 Å². The lowest BCUT2D eigenvalue weighted by Gasteiger charge is -2.20. The van der Waals surface area contributed by atoms with E-state index in [9.17, 15) is 9.59 Å². The van der Waals surface area contributed by atoms with Crippen molar-refractivity contribution >= 4 is 28.2 Å². The fraction of sp³-hybridized carbons (Fsp3) is 0.524. The second-order valence-electron chi connectivity index (χ2n) is 7.01. The number of esters is 1. The Morgan fingerprint density at radius 2 is 2.15 bits per heavy atom. The zero-order chi connectivity index (χ0) is 19.4. The van der Waals surface area contributed by atoms with E-state index in [0.717, 1.165) is 42.8 Å². The Morgan fingerprint density at radius 3 is 2.81 bits per heavy atom. The topological polar surface area (TPSA) is 68.5 Å². The molecule has 0 saturated carbocycles. The number of nitrogens with one attached hydrogen (secondary N) is 1. The molecular formula is C21H27NO4S. The van der Waals surface area contributed by atoms with Crippen LogP contribution >= 0.6 is 11.3 Å². The molecule has 3 rings (SSSR count). The quantitative estimate of drug-likeness (QED) is 0.683. The van der Waals surface area contributed by atoms with Crippen molar-refractivity contribution < 1.29 is 18.7 Å². The van der Waals surface area contributed by atoms with Crippen LogP contribution in [0.5, 0.6) is 0 Å². The van der Waals surface area contributed by atoms with Gasteiger partial charge in [0.2, 0.25) is 5.91 Å². The molecule has 1 aliphatic carbocycles. The molecule has 27 heavy (non-hydrogen) atoms. The lowest BCUT2D eigenvalue weighted by Crippen LogP contribution is -2.17. The van der Waals surface area contributed by atoms with Crippen molar-refractivity contribution in [1.82, 2.24) is 0 Å². The van der Waals surface area contributed by atoms with E-state index in [4.69, 9.17) is 9.15 Å². The average molecular weight is 390 g/mol. The largest absolute Gasteiger partial charge is 0.466 e. The molecule has 0 radical (unpaired) electrons. The van der Waals surface area contributed by atoms with E-state index in [2.05, 4.69) is 12.2 Å². The van der Waals surface area contributed by atoms with Crippen molar-refractivity contribution in [3.63, 3.8) is 0 Å². The molecule has 2 aromatic rings. The molecule has 146 valence electrons. The highest BCUT2D eigenvalue weighted by atomic mass is 32.1. The summed E-state index contributed by atoms with van der Waals surface area (Å²) in [7, 11) is 0. The summed E-state index contributed by atoms with van der Waals surface area (Å²) in [6.07, 6.45) is 4.92. The molecule has 1 atom stereocenters. The Hall–Kier alpha value is -2.08. The summed E-state index contributed by atoms with van der Waals surface area (Å²) in [6, 6.07) is 3.78. The molecular weight excluding hydrogens is 362 g/mol. The van der Waals surface area contributed by atoms with Gasteiger partial charge in [0.25, 0.3) is 0 Å². The van der Waals surface area contributed by atoms with Gasteiger partial charge in [-0.05, 0) is 56.7 Å². The van der Waals surface area contributed by atoms with E-state index < -0.39 is 0 Å². The number of fused-ring (bicyclic) bond motifs is 1. The van der Waals surface area contributed by atoms with Gasteiger partial charge in [-0.25, -0.2) is 4.79 Å². The zero-order valence-corrected chi connectivity index (χ0v) is 17.0. The molecule has 0 bridgehead atoms. The van der Waals surface area contributed by atoms with E-state index in [-0.39, 0.29) is 11.9 Å². The lowest BCUT2D eigenvalue weighted by atomic mass is 9.85. The van der Waals surface area contributed by atoms with Crippen LogP contribution in [-0.4, -0.2) is 18.5 Å². The van der Waals surface area contributed by atoms with Crippen LogP contribution in [0.2, 0.25) is 0 Å². The van der Waals surface area contributed by atoms with E-state index >= 15 is 0 Å². The third kappa shape index (κ3) is 4.61. The fourth-order valence-corrected chi connectivity index (χ4v) is 4.92. The summed E-state index contributed by atoms with van der Waals surface area (Å²) in [5.74, 6) is 1.84. The summed E-state index contributed by atoms with van der Waals surface area (Å²) in [5.41, 5.74) is 1.63. The molecule has 1 aliphatic rings. The van der Waals surface area contributed by atoms with Crippen molar-refractivity contribution in [3.8, 4) is 0 Å². The van der Waals surface area contributed by atoms with Crippen LogP contribution in [0.25, 0.3) is 0 Å². The molecule has 0 spiro atoms. The third-order valence-electron chi connectivity index (χ3n) is 5.07. The highest BCUT2D eigenvalue weighted by molar-refractivity contribution is 7.17. The van der Waals surface area contributed by atoms with Crippen molar-refractivity contribution in [2.75, 3.05) is 11.9 Å². The van der Waals surface area contributed by atoms with Crippen LogP contribution in [0.3, 0.4) is 0 Å². The van der Waals surface area contributed by atoms with Gasteiger partial charge < -0.3 is 14.5 Å². The minimum atomic E-state index is -0.332. The first-order chi connectivity index (χ1) is 13.0. The molecule has 1 unspecified atom stereocenters. The minimum absolute atomic E-state index is 0.111. The van der Waals surface area contributed by atoms with Crippen molar-refractivity contribution in [2.24, 2.45) is 5.92 Å². The molecule has 0 saturated heterocycles. The molecule has 2 heterocycles. The van der Waals surface area contributed by atoms with Gasteiger partial charge in [-0.15, -0.1) is 11.3 Å². The first kappa shape index (κ1) is 19.7. The first-order valence-electron chi connectivity index (χ1n) is 9.68. The summed E-state index contributed by atoms with van der Waals surface area (Å²) in [5, 5.41) is 3.59. The molecule has 0 fully saturated rings. The standard InChI is InChI=1S/C21H27NO4S/c1-4-14-7-10-16-17(12-14)27-20(19(16)21(24)25-5-2)22-18(23)11-9-15-8-6-13(3)26-15/h6,8,14H,4-5,7,9-12H2,1-3H3,(H,22,23). The maximum atomic E-state index is 12.5. The molecule has 1 amide bonds. The molecule has 1 N–H and O–H groups in total. The van der Waals surface area contributed by atoms with Crippen LogP contribution in [0.1, 0.15) is 65.4 Å². The molecule has 2 aromatic heterocycles. The number of hydrogen-bond donors (Lipinski definition) is 1. The first-order valence-corrected chi connectivity index (χ1v) is 10.5. The van der Waals surface area contributed by atoms with Gasteiger partial charge >= 0.3 is 5.97 Å². The predicted molar refractivity (Wildman–Crippen MR) is 106 cm³/mol. The van der Waals surface area contributed by atoms with Crippen molar-refractivity contribution in [3.05, 3.63) is 39.7 Å². The predicted octanol–water partition coefficient (Wildman–Crippen LogP) is 4.91. The number of anilines is 1. The number of hydrogen-bond acceptors (Lipinski definition) is 5. The van der Waals surface area contributed by atoms with Crippen LogP contribution in [-0.2, 0) is 28.8 Å². The van der Waals surface area contributed by atoms with Gasteiger partial charge in [0, 0.05) is 17.7 Å². The third-order valence-corrected chi connectivity index (χ3v) is 6.24. The second kappa shape index (κ2) is 8.74. The normalized spacial score (nSPS) is 16.0. The van der Waals surface area contributed by atoms with Crippen molar-refractivity contribution in [2.45, 2.75) is 59.3 Å². The highest BCUT2D eigenvalue weighted by Gasteiger charge is 2.29. The van der Waals surface area contributed by atoms with Crippen LogP contribution in [0.4, 0.5) is 5.00 Å². The molecule has 6 heteroatoms. The maximum absolute atomic E-state index is 12.5. The average Bonchev–Trinajstić information content (AvgIpc) is 3.22. The summed E-state index contributed by atoms with van der Waals surface area (Å²) in [4.78, 5) is 26.2. The van der Waals surface area contributed by atoms with Crippen molar-refractivity contribution in [1.29, 1.82) is 0 Å². The number of ether oxygens (including phenoxy) is 1. The zero-order valence-electron chi connectivity index (χ0n) is 16.2. The fourth-order valence-electron chi connectivity index (χ4n) is 3.56. The monoisotopic (exact) mass is 389 g/mol. The number of thiophene rings is 1. The number of carbonyl (C=O) groups is 2. The SMILES string of the molecule is CCOC(=O)c1c(NC(=O)CCc2ccc(C)o2)sc2c1CCC(CC)C2. The summed E-state index contributed by atoms with van der Waals surface area (Å²) in [6.45, 7) is 6.21. The maximum Gasteiger partial charge on any atom is 0.341 e. The number of furan rings is 1. The molecule has 0 aliphatic heterocycles. The van der Waals surface area contributed by atoms with Crippen LogP contribution in [0, 0.1) is 12.8 Å². The van der Waals surface area contributed by atoms with E-state index in [0.29, 0.717) is 35.9 Å². The Kier molecular flexibility index (Phi) is 6.37. The van der Waals surface area contributed by atoms with Gasteiger partial charge in [0.1, 0.15) is 16.5 Å². The number of amides is 1. The number of aryl methyl sites for hydroxylation is 2. The van der Waals surface area contributed by atoms with Gasteiger partial charge in [0.05, 0.1) is 12.2 Å². The second-order valence-corrected chi connectivity index (χ2v) is 8.11. The van der Waals surface area contributed by atoms with Crippen LogP contribution in [0.15, 0.2) is 16.5 Å². The highest BCUT2D eigenvalue weighted by Crippen LogP contribution is 2.40. The van der Waals surface area contributed by atoms with Gasteiger partial charge in [-0.3, -0.25) is 4.79 Å². The summed E-state index contributed by atoms with van der Waals surface area (Å²) >= 11 is 1.53. The number of rotatable bonds is 7. The van der Waals surface area contributed by atoms with Gasteiger partial charge in [-0.2, -0.15) is 0 Å². The van der Waals surface area contributed by atoms with Crippen LogP contribution < -0.4 is 5.32 Å². The molecule has 5 nitrogen and oxygen atoms in total. The Balaban J connectivity index is 1.75. The van der Waals surface area contributed by atoms with E-state index in [1.54, 1.807) is 6.92 Å². The summed E-state index contributed by atoms with van der Waals surface area (Å²) < 4.78 is 10.8. The van der Waals surface area contributed by atoms with E-state index in [1.165, 1.54) is 16.2 Å². The Bertz CT molecular complexity index is 820. The number of carbonyl (C=O) groups excluding carboxylic acids is 2. The minimum Gasteiger partial charge on any atom is -0.466 e. The van der Waals surface area contributed by atoms with Gasteiger partial charge in [0.15, 0.2) is 0 Å².